The molecule has 18 heavy (non-hydrogen) atoms. The van der Waals surface area contributed by atoms with Gasteiger partial charge in [-0.3, -0.25) is 4.79 Å². The van der Waals surface area contributed by atoms with Gasteiger partial charge in [0.05, 0.1) is 12.6 Å². The minimum absolute atomic E-state index is 0.0208. The maximum Gasteiger partial charge on any atom is 0.239 e. The average molecular weight is 315 g/mol. The van der Waals surface area contributed by atoms with E-state index in [-0.39, 0.29) is 5.91 Å². The summed E-state index contributed by atoms with van der Waals surface area (Å²) >= 11 is 3.44. The molecule has 1 aromatic carbocycles. The third-order valence-electron chi connectivity index (χ3n) is 2.79. The first kappa shape index (κ1) is 15.0. The molecule has 1 amide bonds. The second-order valence-corrected chi connectivity index (χ2v) is 4.92. The molecule has 0 saturated heterocycles. The van der Waals surface area contributed by atoms with Crippen molar-refractivity contribution < 1.29 is 9.90 Å². The molecule has 0 saturated carbocycles. The third-order valence-corrected chi connectivity index (χ3v) is 3.48. The number of amides is 1. The van der Waals surface area contributed by atoms with Gasteiger partial charge >= 0.3 is 0 Å². The summed E-state index contributed by atoms with van der Waals surface area (Å²) < 4.78 is 0.852. The SMILES string of the molecule is CCN(CC(=O)NC)c1ccc([C@H](C)O)c(Br)c1. The standard InChI is InChI=1S/C13H19BrN2O2/c1-4-16(8-13(18)15-3)10-5-6-11(9(2)17)12(14)7-10/h5-7,9,17H,4,8H2,1-3H3,(H,15,18)/t9-/m0/s1. The van der Waals surface area contributed by atoms with Gasteiger partial charge in [0.15, 0.2) is 0 Å². The van der Waals surface area contributed by atoms with E-state index in [0.29, 0.717) is 6.54 Å². The summed E-state index contributed by atoms with van der Waals surface area (Å²) in [5.74, 6) is -0.0208. The van der Waals surface area contributed by atoms with Crippen molar-refractivity contribution >= 4 is 27.5 Å². The van der Waals surface area contributed by atoms with Crippen LogP contribution in [0.15, 0.2) is 22.7 Å². The van der Waals surface area contributed by atoms with E-state index >= 15 is 0 Å². The number of carbonyl (C=O) groups excluding carboxylic acids is 1. The van der Waals surface area contributed by atoms with Crippen LogP contribution in [0.3, 0.4) is 0 Å². The summed E-state index contributed by atoms with van der Waals surface area (Å²) in [5.41, 5.74) is 1.80. The van der Waals surface area contributed by atoms with Gasteiger partial charge in [0.2, 0.25) is 5.91 Å². The number of halogens is 1. The molecule has 0 fully saturated rings. The van der Waals surface area contributed by atoms with Crippen molar-refractivity contribution in [3.05, 3.63) is 28.2 Å². The van der Waals surface area contributed by atoms with Crippen molar-refractivity contribution in [2.75, 3.05) is 25.0 Å². The van der Waals surface area contributed by atoms with E-state index < -0.39 is 6.10 Å². The molecule has 0 bridgehead atoms. The Hall–Kier alpha value is -1.07. The minimum Gasteiger partial charge on any atom is -0.389 e. The number of benzene rings is 1. The summed E-state index contributed by atoms with van der Waals surface area (Å²) in [6.07, 6.45) is -0.512. The predicted molar refractivity (Wildman–Crippen MR) is 76.7 cm³/mol. The molecule has 1 rings (SSSR count). The van der Waals surface area contributed by atoms with Crippen molar-refractivity contribution in [1.29, 1.82) is 0 Å². The van der Waals surface area contributed by atoms with Crippen LogP contribution in [-0.2, 0) is 4.79 Å². The molecule has 0 aliphatic rings. The van der Waals surface area contributed by atoms with Crippen LogP contribution in [0.5, 0.6) is 0 Å². The fraction of sp³-hybridized carbons (Fsp3) is 0.462. The summed E-state index contributed by atoms with van der Waals surface area (Å²) in [5, 5.41) is 12.2. The van der Waals surface area contributed by atoms with Crippen molar-refractivity contribution in [2.24, 2.45) is 0 Å². The Morgan fingerprint density at radius 2 is 2.22 bits per heavy atom. The van der Waals surface area contributed by atoms with Crippen molar-refractivity contribution in [3.8, 4) is 0 Å². The van der Waals surface area contributed by atoms with Crippen LogP contribution in [0.4, 0.5) is 5.69 Å². The predicted octanol–water partition coefficient (Wildman–Crippen LogP) is 2.07. The van der Waals surface area contributed by atoms with Gasteiger partial charge in [0.1, 0.15) is 0 Å². The van der Waals surface area contributed by atoms with Crippen LogP contribution in [0.1, 0.15) is 25.5 Å². The maximum atomic E-state index is 11.4. The second kappa shape index (κ2) is 6.75. The van der Waals surface area contributed by atoms with E-state index in [1.807, 2.05) is 30.0 Å². The monoisotopic (exact) mass is 314 g/mol. The molecule has 0 aliphatic heterocycles. The molecule has 100 valence electrons. The first-order chi connectivity index (χ1) is 8.49. The van der Waals surface area contributed by atoms with Crippen LogP contribution < -0.4 is 10.2 Å². The summed E-state index contributed by atoms with van der Waals surface area (Å²) in [4.78, 5) is 13.4. The lowest BCUT2D eigenvalue weighted by Gasteiger charge is -2.23. The molecule has 0 spiro atoms. The Balaban J connectivity index is 2.94. The highest BCUT2D eigenvalue weighted by molar-refractivity contribution is 9.10. The Labute approximate surface area is 116 Å². The number of likely N-dealkylation sites (N-methyl/N-ethyl adjacent to an activating group) is 2. The lowest BCUT2D eigenvalue weighted by atomic mass is 10.1. The van der Waals surface area contributed by atoms with E-state index in [2.05, 4.69) is 21.2 Å². The number of anilines is 1. The molecular weight excluding hydrogens is 296 g/mol. The van der Waals surface area contributed by atoms with Crippen LogP contribution >= 0.6 is 15.9 Å². The second-order valence-electron chi connectivity index (χ2n) is 4.07. The lowest BCUT2D eigenvalue weighted by Crippen LogP contribution is -2.35. The van der Waals surface area contributed by atoms with Gasteiger partial charge in [-0.05, 0) is 31.5 Å². The molecule has 0 unspecified atom stereocenters. The number of aliphatic hydroxyl groups is 1. The highest BCUT2D eigenvalue weighted by Crippen LogP contribution is 2.28. The molecule has 4 nitrogen and oxygen atoms in total. The van der Waals surface area contributed by atoms with Gasteiger partial charge in [-0.15, -0.1) is 0 Å². The van der Waals surface area contributed by atoms with Crippen LogP contribution in [0.2, 0.25) is 0 Å². The highest BCUT2D eigenvalue weighted by atomic mass is 79.9. The molecule has 2 N–H and O–H groups in total. The zero-order valence-corrected chi connectivity index (χ0v) is 12.5. The number of hydrogen-bond donors (Lipinski definition) is 2. The Bertz CT molecular complexity index is 421. The number of nitrogens with zero attached hydrogens (tertiary/aromatic N) is 1. The zero-order valence-electron chi connectivity index (χ0n) is 10.9. The zero-order chi connectivity index (χ0) is 13.7. The van der Waals surface area contributed by atoms with Crippen molar-refractivity contribution in [1.82, 2.24) is 5.32 Å². The van der Waals surface area contributed by atoms with Crippen LogP contribution in [-0.4, -0.2) is 31.2 Å². The van der Waals surface area contributed by atoms with Gasteiger partial charge in [-0.2, -0.15) is 0 Å². The Morgan fingerprint density at radius 3 is 2.67 bits per heavy atom. The van der Waals surface area contributed by atoms with Crippen LogP contribution in [0, 0.1) is 0 Å². The van der Waals surface area contributed by atoms with Crippen LogP contribution in [0.25, 0.3) is 0 Å². The van der Waals surface area contributed by atoms with Gasteiger partial charge < -0.3 is 15.3 Å². The summed E-state index contributed by atoms with van der Waals surface area (Å²) in [7, 11) is 1.63. The quantitative estimate of drug-likeness (QED) is 0.875. The summed E-state index contributed by atoms with van der Waals surface area (Å²) in [6.45, 7) is 4.79. The average Bonchev–Trinajstić information content (AvgIpc) is 2.34. The molecule has 5 heteroatoms. The number of carbonyl (C=O) groups is 1. The molecule has 0 aliphatic carbocycles. The number of aliphatic hydroxyl groups excluding tert-OH is 1. The van der Waals surface area contributed by atoms with E-state index in [1.54, 1.807) is 14.0 Å². The molecule has 0 radical (unpaired) electrons. The summed E-state index contributed by atoms with van der Waals surface area (Å²) in [6, 6.07) is 5.71. The number of hydrogen-bond acceptors (Lipinski definition) is 3. The first-order valence-corrected chi connectivity index (χ1v) is 6.72. The van der Waals surface area contributed by atoms with Gasteiger partial charge in [0, 0.05) is 23.8 Å². The molecular formula is C13H19BrN2O2. The van der Waals surface area contributed by atoms with Gasteiger partial charge in [-0.1, -0.05) is 22.0 Å². The fourth-order valence-corrected chi connectivity index (χ4v) is 2.39. The minimum atomic E-state index is -0.512. The van der Waals surface area contributed by atoms with E-state index in [9.17, 15) is 9.90 Å². The molecule has 0 heterocycles. The molecule has 1 aromatic rings. The van der Waals surface area contributed by atoms with Gasteiger partial charge in [-0.25, -0.2) is 0 Å². The third kappa shape index (κ3) is 3.71. The normalized spacial score (nSPS) is 12.1. The van der Waals surface area contributed by atoms with E-state index in [4.69, 9.17) is 0 Å². The molecule has 1 atom stereocenters. The van der Waals surface area contributed by atoms with E-state index in [1.165, 1.54) is 0 Å². The number of nitrogens with one attached hydrogen (secondary N) is 1. The topological polar surface area (TPSA) is 52.6 Å². The molecule has 0 aromatic heterocycles. The smallest absolute Gasteiger partial charge is 0.239 e. The highest BCUT2D eigenvalue weighted by Gasteiger charge is 2.12. The fourth-order valence-electron chi connectivity index (χ4n) is 1.69. The number of rotatable bonds is 5. The van der Waals surface area contributed by atoms with Crippen molar-refractivity contribution in [3.63, 3.8) is 0 Å². The lowest BCUT2D eigenvalue weighted by molar-refractivity contribution is -0.119. The van der Waals surface area contributed by atoms with Gasteiger partial charge in [0.25, 0.3) is 0 Å². The maximum absolute atomic E-state index is 11.4. The largest absolute Gasteiger partial charge is 0.389 e. The van der Waals surface area contributed by atoms with E-state index in [0.717, 1.165) is 22.3 Å². The first-order valence-electron chi connectivity index (χ1n) is 5.92. The Morgan fingerprint density at radius 1 is 1.56 bits per heavy atom. The Kier molecular flexibility index (Phi) is 5.62. The van der Waals surface area contributed by atoms with Crippen molar-refractivity contribution in [2.45, 2.75) is 20.0 Å².